The second-order valence-corrected chi connectivity index (χ2v) is 7.85. The van der Waals surface area contributed by atoms with Crippen LogP contribution in [0.25, 0.3) is 11.0 Å². The lowest BCUT2D eigenvalue weighted by Gasteiger charge is -2.16. The molecular formula is C25H27NO4. The molecule has 3 aromatic rings. The monoisotopic (exact) mass is 405 g/mol. The van der Waals surface area contributed by atoms with E-state index in [-0.39, 0.29) is 18.1 Å². The SMILES string of the molecule is CCCCc1ccc(NC(=O)COc2ccc3c4c(c(=O)oc3c2)CCCC4)cc1. The summed E-state index contributed by atoms with van der Waals surface area (Å²) in [5, 5.41) is 3.81. The van der Waals surface area contributed by atoms with Crippen molar-refractivity contribution in [3.05, 3.63) is 69.6 Å². The van der Waals surface area contributed by atoms with Crippen LogP contribution in [0.5, 0.6) is 5.75 Å². The lowest BCUT2D eigenvalue weighted by atomic mass is 9.91. The van der Waals surface area contributed by atoms with Crippen LogP contribution < -0.4 is 15.7 Å². The summed E-state index contributed by atoms with van der Waals surface area (Å²) in [6, 6.07) is 13.4. The third-order valence-corrected chi connectivity index (χ3v) is 5.62. The number of carbonyl (C=O) groups excluding carboxylic acids is 1. The minimum atomic E-state index is -0.255. The molecule has 5 heteroatoms. The highest BCUT2D eigenvalue weighted by atomic mass is 16.5. The van der Waals surface area contributed by atoms with Gasteiger partial charge in [0.05, 0.1) is 0 Å². The fourth-order valence-electron chi connectivity index (χ4n) is 4.00. The van der Waals surface area contributed by atoms with E-state index in [4.69, 9.17) is 9.15 Å². The molecule has 1 amide bonds. The molecule has 1 heterocycles. The molecule has 0 spiro atoms. The lowest BCUT2D eigenvalue weighted by Crippen LogP contribution is -2.20. The molecule has 0 fully saturated rings. The number of anilines is 1. The Balaban J connectivity index is 1.39. The van der Waals surface area contributed by atoms with Crippen molar-refractivity contribution in [2.45, 2.75) is 51.9 Å². The fourth-order valence-corrected chi connectivity index (χ4v) is 4.00. The maximum atomic E-state index is 12.3. The van der Waals surface area contributed by atoms with Crippen LogP contribution in [-0.2, 0) is 24.1 Å². The van der Waals surface area contributed by atoms with Crippen molar-refractivity contribution in [2.24, 2.45) is 0 Å². The number of rotatable bonds is 7. The van der Waals surface area contributed by atoms with E-state index < -0.39 is 0 Å². The van der Waals surface area contributed by atoms with E-state index in [1.807, 2.05) is 36.4 Å². The molecule has 2 aromatic carbocycles. The molecule has 0 aliphatic heterocycles. The Morgan fingerprint density at radius 1 is 1.07 bits per heavy atom. The van der Waals surface area contributed by atoms with Gasteiger partial charge in [-0.25, -0.2) is 4.79 Å². The number of hydrogen-bond acceptors (Lipinski definition) is 4. The summed E-state index contributed by atoms with van der Waals surface area (Å²) < 4.78 is 11.1. The molecule has 30 heavy (non-hydrogen) atoms. The van der Waals surface area contributed by atoms with E-state index in [9.17, 15) is 9.59 Å². The van der Waals surface area contributed by atoms with Crippen LogP contribution in [0.15, 0.2) is 51.7 Å². The predicted octanol–water partition coefficient (Wildman–Crippen LogP) is 5.03. The number of aryl methyl sites for hydroxylation is 2. The van der Waals surface area contributed by atoms with Crippen LogP contribution in [0.3, 0.4) is 0 Å². The van der Waals surface area contributed by atoms with Gasteiger partial charge in [-0.05, 0) is 73.9 Å². The zero-order valence-corrected chi connectivity index (χ0v) is 17.3. The largest absolute Gasteiger partial charge is 0.484 e. The maximum Gasteiger partial charge on any atom is 0.339 e. The summed E-state index contributed by atoms with van der Waals surface area (Å²) in [6.07, 6.45) is 7.17. The zero-order chi connectivity index (χ0) is 20.9. The van der Waals surface area contributed by atoms with E-state index >= 15 is 0 Å². The highest BCUT2D eigenvalue weighted by Gasteiger charge is 2.18. The Kier molecular flexibility index (Phi) is 6.17. The van der Waals surface area contributed by atoms with Crippen molar-refractivity contribution in [3.8, 4) is 5.75 Å². The van der Waals surface area contributed by atoms with E-state index in [0.29, 0.717) is 11.3 Å². The van der Waals surface area contributed by atoms with Crippen molar-refractivity contribution < 1.29 is 13.9 Å². The molecule has 156 valence electrons. The summed E-state index contributed by atoms with van der Waals surface area (Å²) in [7, 11) is 0. The number of unbranched alkanes of at least 4 members (excludes halogenated alkanes) is 1. The van der Waals surface area contributed by atoms with E-state index in [1.165, 1.54) is 5.56 Å². The topological polar surface area (TPSA) is 68.5 Å². The molecule has 5 nitrogen and oxygen atoms in total. The van der Waals surface area contributed by atoms with Crippen LogP contribution in [0.4, 0.5) is 5.69 Å². The van der Waals surface area contributed by atoms with Crippen LogP contribution in [-0.4, -0.2) is 12.5 Å². The van der Waals surface area contributed by atoms with Gasteiger partial charge in [0.1, 0.15) is 11.3 Å². The molecule has 0 radical (unpaired) electrons. The molecular weight excluding hydrogens is 378 g/mol. The highest BCUT2D eigenvalue weighted by Crippen LogP contribution is 2.29. The minimum absolute atomic E-state index is 0.113. The van der Waals surface area contributed by atoms with Crippen molar-refractivity contribution in [1.29, 1.82) is 0 Å². The minimum Gasteiger partial charge on any atom is -0.484 e. The van der Waals surface area contributed by atoms with Gasteiger partial charge in [0.2, 0.25) is 0 Å². The molecule has 0 bridgehead atoms. The Morgan fingerprint density at radius 2 is 1.83 bits per heavy atom. The summed E-state index contributed by atoms with van der Waals surface area (Å²) >= 11 is 0. The van der Waals surface area contributed by atoms with Gasteiger partial charge in [-0.1, -0.05) is 25.5 Å². The van der Waals surface area contributed by atoms with Crippen molar-refractivity contribution in [1.82, 2.24) is 0 Å². The van der Waals surface area contributed by atoms with Gasteiger partial charge in [-0.2, -0.15) is 0 Å². The quantitative estimate of drug-likeness (QED) is 0.560. The van der Waals surface area contributed by atoms with Gasteiger partial charge >= 0.3 is 5.63 Å². The fraction of sp³-hybridized carbons (Fsp3) is 0.360. The molecule has 0 unspecified atom stereocenters. The van der Waals surface area contributed by atoms with Crippen LogP contribution in [0.1, 0.15) is 49.3 Å². The molecule has 1 N–H and O–H groups in total. The van der Waals surface area contributed by atoms with Gasteiger partial charge in [0.25, 0.3) is 5.91 Å². The molecule has 1 aliphatic rings. The molecule has 1 aliphatic carbocycles. The van der Waals surface area contributed by atoms with Crippen molar-refractivity contribution >= 4 is 22.6 Å². The van der Waals surface area contributed by atoms with Gasteiger partial charge in [0, 0.05) is 22.7 Å². The number of fused-ring (bicyclic) bond motifs is 3. The Morgan fingerprint density at radius 3 is 2.60 bits per heavy atom. The normalized spacial score (nSPS) is 13.1. The number of carbonyl (C=O) groups is 1. The first-order valence-corrected chi connectivity index (χ1v) is 10.7. The third-order valence-electron chi connectivity index (χ3n) is 5.62. The zero-order valence-electron chi connectivity index (χ0n) is 17.3. The van der Waals surface area contributed by atoms with Gasteiger partial charge in [0.15, 0.2) is 6.61 Å². The molecule has 0 atom stereocenters. The van der Waals surface area contributed by atoms with Gasteiger partial charge in [-0.3, -0.25) is 4.79 Å². The first kappa shape index (κ1) is 20.2. The summed E-state index contributed by atoms with van der Waals surface area (Å²) in [6.45, 7) is 2.06. The van der Waals surface area contributed by atoms with Crippen LogP contribution in [0, 0.1) is 0 Å². The van der Waals surface area contributed by atoms with Crippen molar-refractivity contribution in [2.75, 3.05) is 11.9 Å². The number of ether oxygens (including phenoxy) is 1. The first-order chi connectivity index (χ1) is 14.6. The van der Waals surface area contributed by atoms with Gasteiger partial charge < -0.3 is 14.5 Å². The maximum absolute atomic E-state index is 12.3. The third kappa shape index (κ3) is 4.56. The Labute approximate surface area is 176 Å². The number of nitrogens with one attached hydrogen (secondary N) is 1. The summed E-state index contributed by atoms with van der Waals surface area (Å²) in [4.78, 5) is 24.5. The van der Waals surface area contributed by atoms with E-state index in [0.717, 1.165) is 67.1 Å². The molecule has 1 aromatic heterocycles. The number of benzene rings is 2. The Bertz CT molecular complexity index is 1100. The number of amides is 1. The summed E-state index contributed by atoms with van der Waals surface area (Å²) in [5.74, 6) is 0.273. The summed E-state index contributed by atoms with van der Waals surface area (Å²) in [5.41, 5.74) is 4.18. The Hall–Kier alpha value is -3.08. The second kappa shape index (κ2) is 9.16. The van der Waals surface area contributed by atoms with Crippen LogP contribution >= 0.6 is 0 Å². The predicted molar refractivity (Wildman–Crippen MR) is 118 cm³/mol. The average molecular weight is 405 g/mol. The van der Waals surface area contributed by atoms with Crippen LogP contribution in [0.2, 0.25) is 0 Å². The average Bonchev–Trinajstić information content (AvgIpc) is 2.77. The first-order valence-electron chi connectivity index (χ1n) is 10.7. The standard InChI is InChI=1S/C25H27NO4/c1-2-3-6-17-9-11-18(12-10-17)26-24(27)16-29-19-13-14-21-20-7-4-5-8-22(20)25(28)30-23(21)15-19/h9-15H,2-8,16H2,1H3,(H,26,27). The van der Waals surface area contributed by atoms with Crippen molar-refractivity contribution in [3.63, 3.8) is 0 Å². The second-order valence-electron chi connectivity index (χ2n) is 7.85. The van der Waals surface area contributed by atoms with Gasteiger partial charge in [-0.15, -0.1) is 0 Å². The van der Waals surface area contributed by atoms with E-state index in [1.54, 1.807) is 6.07 Å². The smallest absolute Gasteiger partial charge is 0.339 e. The molecule has 4 rings (SSSR count). The molecule has 0 saturated carbocycles. The lowest BCUT2D eigenvalue weighted by molar-refractivity contribution is -0.118. The highest BCUT2D eigenvalue weighted by molar-refractivity contribution is 5.92. The van der Waals surface area contributed by atoms with E-state index in [2.05, 4.69) is 12.2 Å². The molecule has 0 saturated heterocycles. The number of hydrogen-bond donors (Lipinski definition) is 1.